The first-order valence-corrected chi connectivity index (χ1v) is 10.0. The number of hydrogen-bond acceptors (Lipinski definition) is 5. The Hall–Kier alpha value is -3.80. The highest BCUT2D eigenvalue weighted by Crippen LogP contribution is 2.39. The fourth-order valence-corrected chi connectivity index (χ4v) is 3.96. The Bertz CT molecular complexity index is 1220. The van der Waals surface area contributed by atoms with Crippen molar-refractivity contribution in [2.75, 3.05) is 6.61 Å². The van der Waals surface area contributed by atoms with Gasteiger partial charge in [-0.2, -0.15) is 5.10 Å². The smallest absolute Gasteiger partial charge is 0.359 e. The van der Waals surface area contributed by atoms with E-state index in [0.29, 0.717) is 18.1 Å². The van der Waals surface area contributed by atoms with Crippen molar-refractivity contribution in [1.82, 2.24) is 19.7 Å². The van der Waals surface area contributed by atoms with Crippen LogP contribution in [0.15, 0.2) is 67.1 Å². The van der Waals surface area contributed by atoms with Crippen LogP contribution in [-0.4, -0.2) is 32.3 Å². The van der Waals surface area contributed by atoms with Crippen molar-refractivity contribution in [1.29, 1.82) is 0 Å². The number of benzene rings is 1. The molecule has 0 aliphatic heterocycles. The number of carbonyl (C=O) groups is 1. The number of fused-ring (bicyclic) bond motifs is 3. The van der Waals surface area contributed by atoms with E-state index in [1.807, 2.05) is 36.5 Å². The third-order valence-corrected chi connectivity index (χ3v) is 5.32. The van der Waals surface area contributed by atoms with Gasteiger partial charge in [0.05, 0.1) is 12.3 Å². The van der Waals surface area contributed by atoms with Gasteiger partial charge in [0.2, 0.25) is 0 Å². The molecule has 148 valence electrons. The first-order valence-electron chi connectivity index (χ1n) is 10.0. The minimum Gasteiger partial charge on any atom is -0.461 e. The molecule has 0 spiro atoms. The lowest BCUT2D eigenvalue weighted by molar-refractivity contribution is 0.0517. The number of pyridine rings is 2. The molecule has 0 unspecified atom stereocenters. The molecule has 0 saturated heterocycles. The number of aryl methyl sites for hydroxylation is 1. The molecule has 0 N–H and O–H groups in total. The molecule has 0 radical (unpaired) electrons. The van der Waals surface area contributed by atoms with E-state index >= 15 is 0 Å². The zero-order valence-electron chi connectivity index (χ0n) is 16.6. The second kappa shape index (κ2) is 7.55. The van der Waals surface area contributed by atoms with E-state index in [9.17, 15) is 4.79 Å². The number of carbonyl (C=O) groups excluding carboxylic acids is 1. The summed E-state index contributed by atoms with van der Waals surface area (Å²) < 4.78 is 7.05. The van der Waals surface area contributed by atoms with Crippen molar-refractivity contribution in [3.63, 3.8) is 0 Å². The van der Waals surface area contributed by atoms with Crippen molar-refractivity contribution in [3.8, 4) is 28.2 Å². The van der Waals surface area contributed by atoms with Crippen LogP contribution >= 0.6 is 0 Å². The van der Waals surface area contributed by atoms with Gasteiger partial charge in [-0.3, -0.25) is 4.98 Å². The number of rotatable bonds is 4. The van der Waals surface area contributed by atoms with Crippen molar-refractivity contribution < 1.29 is 9.53 Å². The van der Waals surface area contributed by atoms with Gasteiger partial charge in [0.25, 0.3) is 0 Å². The molecule has 5 rings (SSSR count). The third-order valence-electron chi connectivity index (χ3n) is 5.32. The van der Waals surface area contributed by atoms with Crippen molar-refractivity contribution in [3.05, 3.63) is 83.9 Å². The molecule has 3 heterocycles. The van der Waals surface area contributed by atoms with Crippen LogP contribution in [0.1, 0.15) is 28.5 Å². The number of aromatic nitrogens is 4. The minimum absolute atomic E-state index is 0.311. The zero-order valence-corrected chi connectivity index (χ0v) is 16.6. The van der Waals surface area contributed by atoms with Crippen LogP contribution in [0, 0.1) is 0 Å². The fraction of sp³-hybridized carbons (Fsp3) is 0.167. The number of ether oxygens (including phenoxy) is 1. The largest absolute Gasteiger partial charge is 0.461 e. The Morgan fingerprint density at radius 1 is 1.07 bits per heavy atom. The minimum atomic E-state index is -0.393. The average Bonchev–Trinajstić information content (AvgIpc) is 3.20. The van der Waals surface area contributed by atoms with Gasteiger partial charge in [0.15, 0.2) is 11.5 Å². The predicted molar refractivity (Wildman–Crippen MR) is 113 cm³/mol. The normalized spacial score (nSPS) is 12.2. The second-order valence-corrected chi connectivity index (χ2v) is 7.11. The lowest BCUT2D eigenvalue weighted by Gasteiger charge is -2.19. The summed E-state index contributed by atoms with van der Waals surface area (Å²) in [7, 11) is 0. The lowest BCUT2D eigenvalue weighted by Crippen LogP contribution is -2.11. The van der Waals surface area contributed by atoms with Gasteiger partial charge < -0.3 is 4.74 Å². The van der Waals surface area contributed by atoms with Gasteiger partial charge >= 0.3 is 5.97 Å². The molecule has 0 fully saturated rings. The maximum atomic E-state index is 12.6. The molecule has 3 aromatic heterocycles. The zero-order chi connectivity index (χ0) is 20.5. The quantitative estimate of drug-likeness (QED) is 0.482. The van der Waals surface area contributed by atoms with E-state index in [-0.39, 0.29) is 0 Å². The highest BCUT2D eigenvalue weighted by atomic mass is 16.5. The van der Waals surface area contributed by atoms with Crippen LogP contribution in [0.5, 0.6) is 0 Å². The summed E-state index contributed by atoms with van der Waals surface area (Å²) in [6.07, 6.45) is 6.92. The van der Waals surface area contributed by atoms with Gasteiger partial charge in [-0.15, -0.1) is 0 Å². The summed E-state index contributed by atoms with van der Waals surface area (Å²) in [5, 5.41) is 4.65. The van der Waals surface area contributed by atoms with E-state index in [4.69, 9.17) is 4.74 Å². The molecule has 0 atom stereocenters. The number of esters is 1. The van der Waals surface area contributed by atoms with Crippen LogP contribution in [-0.2, 0) is 17.6 Å². The molecule has 1 aromatic carbocycles. The maximum absolute atomic E-state index is 12.6. The van der Waals surface area contributed by atoms with Crippen LogP contribution in [0.3, 0.4) is 0 Å². The van der Waals surface area contributed by atoms with Crippen LogP contribution in [0.4, 0.5) is 0 Å². The van der Waals surface area contributed by atoms with Crippen molar-refractivity contribution >= 4 is 5.97 Å². The summed E-state index contributed by atoms with van der Waals surface area (Å²) in [5.74, 6) is 0.277. The van der Waals surface area contributed by atoms with E-state index in [2.05, 4.69) is 33.3 Å². The molecule has 0 amide bonds. The van der Waals surface area contributed by atoms with Gasteiger partial charge in [-0.05, 0) is 55.2 Å². The standard InChI is InChI=1S/C24H20N4O2/c1-2-30-24(29)22-19-11-10-16-8-9-17(18-6-5-12-25-15-18)14-20(16)23(19)28(27-22)21-7-3-4-13-26-21/h3-9,12-15H,2,10-11H2,1H3. The number of hydrogen-bond donors (Lipinski definition) is 0. The van der Waals surface area contributed by atoms with Crippen LogP contribution in [0.2, 0.25) is 0 Å². The first-order chi connectivity index (χ1) is 14.8. The van der Waals surface area contributed by atoms with Crippen LogP contribution < -0.4 is 0 Å². The topological polar surface area (TPSA) is 69.9 Å². The molecule has 1 aliphatic carbocycles. The molecule has 6 heteroatoms. The Morgan fingerprint density at radius 2 is 2.00 bits per heavy atom. The SMILES string of the molecule is CCOC(=O)c1nn(-c2ccccn2)c2c1CCc1ccc(-c3cccnc3)cc1-2. The maximum Gasteiger partial charge on any atom is 0.359 e. The highest BCUT2D eigenvalue weighted by molar-refractivity contribution is 5.93. The van der Waals surface area contributed by atoms with Gasteiger partial charge in [0, 0.05) is 35.3 Å². The second-order valence-electron chi connectivity index (χ2n) is 7.11. The summed E-state index contributed by atoms with van der Waals surface area (Å²) in [6, 6.07) is 16.1. The van der Waals surface area contributed by atoms with E-state index < -0.39 is 5.97 Å². The molecule has 0 saturated carbocycles. The van der Waals surface area contributed by atoms with E-state index in [0.717, 1.165) is 40.8 Å². The fourth-order valence-electron chi connectivity index (χ4n) is 3.96. The summed E-state index contributed by atoms with van der Waals surface area (Å²) in [4.78, 5) is 21.3. The molecule has 4 aromatic rings. The molecule has 1 aliphatic rings. The summed E-state index contributed by atoms with van der Waals surface area (Å²) in [5.41, 5.74) is 6.59. The summed E-state index contributed by atoms with van der Waals surface area (Å²) in [6.45, 7) is 2.11. The monoisotopic (exact) mass is 396 g/mol. The Labute approximate surface area is 174 Å². The third kappa shape index (κ3) is 3.06. The van der Waals surface area contributed by atoms with Gasteiger partial charge in [-0.25, -0.2) is 14.5 Å². The van der Waals surface area contributed by atoms with Crippen LogP contribution in [0.25, 0.3) is 28.2 Å². The number of nitrogens with zero attached hydrogens (tertiary/aromatic N) is 4. The van der Waals surface area contributed by atoms with Crippen molar-refractivity contribution in [2.24, 2.45) is 0 Å². The Balaban J connectivity index is 1.74. The first kappa shape index (κ1) is 18.2. The van der Waals surface area contributed by atoms with E-state index in [1.165, 1.54) is 5.56 Å². The molecular formula is C24H20N4O2. The Kier molecular flexibility index (Phi) is 4.59. The Morgan fingerprint density at radius 3 is 2.77 bits per heavy atom. The molecule has 6 nitrogen and oxygen atoms in total. The predicted octanol–water partition coefficient (Wildman–Crippen LogP) is 4.27. The van der Waals surface area contributed by atoms with Crippen molar-refractivity contribution in [2.45, 2.75) is 19.8 Å². The van der Waals surface area contributed by atoms with Gasteiger partial charge in [0.1, 0.15) is 0 Å². The molecule has 0 bridgehead atoms. The molecule has 30 heavy (non-hydrogen) atoms. The van der Waals surface area contributed by atoms with Gasteiger partial charge in [-0.1, -0.05) is 24.3 Å². The highest BCUT2D eigenvalue weighted by Gasteiger charge is 2.30. The summed E-state index contributed by atoms with van der Waals surface area (Å²) >= 11 is 0. The average molecular weight is 396 g/mol. The van der Waals surface area contributed by atoms with E-state index in [1.54, 1.807) is 24.0 Å². The molecular weight excluding hydrogens is 376 g/mol. The lowest BCUT2D eigenvalue weighted by atomic mass is 9.87.